The van der Waals surface area contributed by atoms with Gasteiger partial charge >= 0.3 is 0 Å². The maximum absolute atomic E-state index is 13.0. The zero-order valence-corrected chi connectivity index (χ0v) is 14.5. The lowest BCUT2D eigenvalue weighted by Crippen LogP contribution is -2.48. The van der Waals surface area contributed by atoms with Crippen LogP contribution in [0.5, 0.6) is 0 Å². The lowest BCUT2D eigenvalue weighted by atomic mass is 10.0. The van der Waals surface area contributed by atoms with Gasteiger partial charge in [0.1, 0.15) is 5.22 Å². The second-order valence-corrected chi connectivity index (χ2v) is 6.76. The lowest BCUT2D eigenvalue weighted by molar-refractivity contribution is -1.29. The summed E-state index contributed by atoms with van der Waals surface area (Å²) in [5.41, 5.74) is 3.40. The van der Waals surface area contributed by atoms with Crippen molar-refractivity contribution in [3.63, 3.8) is 0 Å². The minimum absolute atomic E-state index is 0.243. The van der Waals surface area contributed by atoms with Crippen molar-refractivity contribution in [1.29, 1.82) is 0 Å². The average molecular weight is 358 g/mol. The molecule has 5 nitrogen and oxygen atoms in total. The van der Waals surface area contributed by atoms with Gasteiger partial charge < -0.3 is 5.21 Å². The minimum Gasteiger partial charge on any atom is -0.568 e. The number of halogens is 1. The summed E-state index contributed by atoms with van der Waals surface area (Å²) in [5, 5.41) is 22.9. The van der Waals surface area contributed by atoms with Crippen LogP contribution >= 0.6 is 23.4 Å². The molecule has 0 bridgehead atoms. The summed E-state index contributed by atoms with van der Waals surface area (Å²) in [6.07, 6.45) is 3.44. The van der Waals surface area contributed by atoms with Crippen molar-refractivity contribution in [2.45, 2.75) is 6.54 Å². The van der Waals surface area contributed by atoms with Gasteiger partial charge in [0.15, 0.2) is 11.6 Å². The van der Waals surface area contributed by atoms with Crippen LogP contribution in [-0.4, -0.2) is 22.0 Å². The Morgan fingerprint density at radius 3 is 2.71 bits per heavy atom. The van der Waals surface area contributed by atoms with E-state index in [0.717, 1.165) is 26.7 Å². The monoisotopic (exact) mass is 357 g/mol. The van der Waals surface area contributed by atoms with E-state index in [1.165, 1.54) is 18.0 Å². The molecule has 0 amide bonds. The van der Waals surface area contributed by atoms with E-state index < -0.39 is 0 Å². The fourth-order valence-corrected chi connectivity index (χ4v) is 3.83. The molecule has 120 valence electrons. The van der Waals surface area contributed by atoms with E-state index in [9.17, 15) is 5.21 Å². The number of quaternary nitrogens is 1. The predicted molar refractivity (Wildman–Crippen MR) is 95.9 cm³/mol. The van der Waals surface area contributed by atoms with Crippen LogP contribution in [0.2, 0.25) is 5.02 Å². The molecule has 0 aliphatic carbocycles. The number of benzene rings is 2. The van der Waals surface area contributed by atoms with Gasteiger partial charge in [0.2, 0.25) is 0 Å². The maximum atomic E-state index is 13.0. The van der Waals surface area contributed by atoms with Crippen LogP contribution in [0.3, 0.4) is 0 Å². The normalized spacial score (nSPS) is 21.5. The van der Waals surface area contributed by atoms with Gasteiger partial charge in [-0.15, -0.1) is 11.8 Å². The highest BCUT2D eigenvalue weighted by atomic mass is 35.5. The zero-order chi connectivity index (χ0) is 16.7. The predicted octanol–water partition coefficient (Wildman–Crippen LogP) is 4.58. The summed E-state index contributed by atoms with van der Waals surface area (Å²) in [6, 6.07) is 15.5. The molecular formula is C17H14ClN4OS+. The SMILES string of the molecule is CSC1=C2c3cccc(Cl)c3C=[N+]([O-])[N+]2(Cc2ccccc2)N=N1. The van der Waals surface area contributed by atoms with Gasteiger partial charge in [-0.2, -0.15) is 0 Å². The molecule has 2 heterocycles. The van der Waals surface area contributed by atoms with Crippen LogP contribution in [-0.2, 0) is 6.54 Å². The first-order valence-electron chi connectivity index (χ1n) is 7.40. The van der Waals surface area contributed by atoms with Crippen LogP contribution in [0.1, 0.15) is 16.7 Å². The molecule has 4 rings (SSSR count). The highest BCUT2D eigenvalue weighted by Crippen LogP contribution is 2.46. The van der Waals surface area contributed by atoms with Gasteiger partial charge in [0, 0.05) is 10.4 Å². The largest absolute Gasteiger partial charge is 0.568 e. The zero-order valence-electron chi connectivity index (χ0n) is 12.9. The van der Waals surface area contributed by atoms with Crippen LogP contribution < -0.4 is 0 Å². The summed E-state index contributed by atoms with van der Waals surface area (Å²) in [4.78, 5) is 0.837. The molecule has 0 saturated heterocycles. The van der Waals surface area contributed by atoms with Crippen molar-refractivity contribution >= 4 is 35.3 Å². The van der Waals surface area contributed by atoms with Crippen molar-refractivity contribution in [3.05, 3.63) is 80.5 Å². The summed E-state index contributed by atoms with van der Waals surface area (Å²) in [6.45, 7) is 0.398. The molecule has 1 unspecified atom stereocenters. The highest BCUT2D eigenvalue weighted by molar-refractivity contribution is 8.02. The van der Waals surface area contributed by atoms with Gasteiger partial charge in [-0.1, -0.05) is 53.1 Å². The molecule has 2 aromatic rings. The molecular weight excluding hydrogens is 344 g/mol. The Bertz CT molecular complexity index is 910. The van der Waals surface area contributed by atoms with E-state index in [2.05, 4.69) is 10.3 Å². The summed E-state index contributed by atoms with van der Waals surface area (Å²) in [5.74, 6) is 0. The molecule has 1 atom stereocenters. The number of thioether (sulfide) groups is 1. The van der Waals surface area contributed by atoms with Gasteiger partial charge in [-0.3, -0.25) is 0 Å². The molecule has 0 spiro atoms. The van der Waals surface area contributed by atoms with Crippen LogP contribution in [0.15, 0.2) is 63.9 Å². The van der Waals surface area contributed by atoms with Crippen LogP contribution in [0.4, 0.5) is 0 Å². The maximum Gasteiger partial charge on any atom is 0.264 e. The summed E-state index contributed by atoms with van der Waals surface area (Å²) in [7, 11) is 0. The fourth-order valence-electron chi connectivity index (χ4n) is 3.04. The Labute approximate surface area is 148 Å². The van der Waals surface area contributed by atoms with Crippen molar-refractivity contribution in [2.75, 3.05) is 6.26 Å². The third-order valence-corrected chi connectivity index (χ3v) is 5.15. The summed E-state index contributed by atoms with van der Waals surface area (Å²) >= 11 is 7.78. The lowest BCUT2D eigenvalue weighted by Gasteiger charge is -2.28. The van der Waals surface area contributed by atoms with Crippen LogP contribution in [0.25, 0.3) is 5.70 Å². The van der Waals surface area contributed by atoms with Crippen molar-refractivity contribution in [2.24, 2.45) is 10.3 Å². The molecule has 2 aliphatic heterocycles. The molecule has 7 heteroatoms. The summed E-state index contributed by atoms with van der Waals surface area (Å²) < 4.78 is -0.243. The Balaban J connectivity index is 1.95. The first kappa shape index (κ1) is 15.4. The van der Waals surface area contributed by atoms with Crippen molar-refractivity contribution < 1.29 is 9.55 Å². The third-order valence-electron chi connectivity index (χ3n) is 4.16. The molecule has 0 N–H and O–H groups in total. The molecule has 0 radical (unpaired) electrons. The molecule has 2 aromatic carbocycles. The van der Waals surface area contributed by atoms with Crippen molar-refractivity contribution in [1.82, 2.24) is 0 Å². The number of fused-ring (bicyclic) bond motifs is 3. The second kappa shape index (κ2) is 5.73. The van der Waals surface area contributed by atoms with E-state index >= 15 is 0 Å². The minimum atomic E-state index is -0.243. The molecule has 0 aromatic heterocycles. The topological polar surface area (TPSA) is 50.8 Å². The Kier molecular flexibility index (Phi) is 3.68. The molecule has 2 aliphatic rings. The van der Waals surface area contributed by atoms with Crippen molar-refractivity contribution in [3.8, 4) is 0 Å². The number of nitrogens with zero attached hydrogens (tertiary/aromatic N) is 4. The first-order chi connectivity index (χ1) is 11.7. The fraction of sp³-hybridized carbons (Fsp3) is 0.118. The van der Waals surface area contributed by atoms with E-state index in [0.29, 0.717) is 17.1 Å². The second-order valence-electron chi connectivity index (χ2n) is 5.55. The number of rotatable bonds is 3. The average Bonchev–Trinajstić information content (AvgIpc) is 2.97. The molecule has 24 heavy (non-hydrogen) atoms. The Hall–Kier alpha value is -2.15. The number of hydrogen-bond acceptors (Lipinski definition) is 4. The quantitative estimate of drug-likeness (QED) is 0.458. The molecule has 0 fully saturated rings. The smallest absolute Gasteiger partial charge is 0.264 e. The van der Waals surface area contributed by atoms with E-state index in [4.69, 9.17) is 11.6 Å². The Morgan fingerprint density at radius 1 is 1.17 bits per heavy atom. The highest BCUT2D eigenvalue weighted by Gasteiger charge is 2.54. The third kappa shape index (κ3) is 2.18. The van der Waals surface area contributed by atoms with E-state index in [-0.39, 0.29) is 4.70 Å². The van der Waals surface area contributed by atoms with Gasteiger partial charge in [0.05, 0.1) is 20.9 Å². The van der Waals surface area contributed by atoms with Crippen LogP contribution in [0, 0.1) is 5.21 Å². The molecule has 0 saturated carbocycles. The number of hydrogen-bond donors (Lipinski definition) is 0. The Morgan fingerprint density at radius 2 is 1.96 bits per heavy atom. The van der Waals surface area contributed by atoms with Gasteiger partial charge in [-0.25, -0.2) is 0 Å². The van der Waals surface area contributed by atoms with E-state index in [1.54, 1.807) is 6.07 Å². The first-order valence-corrected chi connectivity index (χ1v) is 9.01. The standard InChI is InChI=1S/C17H14ClN4OS/c1-24-17-16-13-8-5-9-15(18)14(13)10-21(23)22(16,20-19-17)11-12-6-3-2-4-7-12/h2-10H,11H2,1H3/q+1. The van der Waals surface area contributed by atoms with E-state index in [1.807, 2.05) is 48.7 Å². The van der Waals surface area contributed by atoms with Gasteiger partial charge in [-0.05, 0) is 18.4 Å². The van der Waals surface area contributed by atoms with Gasteiger partial charge in [0.25, 0.3) is 11.9 Å².